The molecule has 0 bridgehead atoms. The highest BCUT2D eigenvalue weighted by molar-refractivity contribution is 5.23. The summed E-state index contributed by atoms with van der Waals surface area (Å²) in [6.07, 6.45) is 1.93. The van der Waals surface area contributed by atoms with E-state index in [1.165, 1.54) is 16.7 Å². The van der Waals surface area contributed by atoms with Crippen molar-refractivity contribution in [3.63, 3.8) is 0 Å². The highest BCUT2D eigenvalue weighted by Gasteiger charge is 1.97. The van der Waals surface area contributed by atoms with Gasteiger partial charge >= 0.3 is 0 Å². The van der Waals surface area contributed by atoms with Crippen molar-refractivity contribution in [3.05, 3.63) is 83.6 Å². The Kier molecular flexibility index (Phi) is 4.79. The van der Waals surface area contributed by atoms with Crippen molar-refractivity contribution in [1.29, 1.82) is 0 Å². The Labute approximate surface area is 116 Å². The van der Waals surface area contributed by atoms with Crippen LogP contribution in [0.1, 0.15) is 16.7 Å². The van der Waals surface area contributed by atoms with E-state index in [1.807, 2.05) is 6.07 Å². The second-order valence-corrected chi connectivity index (χ2v) is 4.93. The van der Waals surface area contributed by atoms with Crippen LogP contribution >= 0.6 is 0 Å². The SMILES string of the molecule is C=C(Cc1ccccc1)NCCc1cccc(C)c1. The molecule has 1 heteroatoms. The van der Waals surface area contributed by atoms with E-state index in [-0.39, 0.29) is 0 Å². The van der Waals surface area contributed by atoms with Gasteiger partial charge in [0.05, 0.1) is 0 Å². The molecule has 0 spiro atoms. The fourth-order valence-corrected chi connectivity index (χ4v) is 2.16. The van der Waals surface area contributed by atoms with Crippen molar-refractivity contribution in [1.82, 2.24) is 5.32 Å². The van der Waals surface area contributed by atoms with Crippen LogP contribution in [-0.4, -0.2) is 6.54 Å². The molecular formula is C18H21N. The van der Waals surface area contributed by atoms with Gasteiger partial charge in [0.2, 0.25) is 0 Å². The van der Waals surface area contributed by atoms with Crippen LogP contribution in [-0.2, 0) is 12.8 Å². The third-order valence-electron chi connectivity index (χ3n) is 3.13. The summed E-state index contributed by atoms with van der Waals surface area (Å²) in [6.45, 7) is 7.16. The lowest BCUT2D eigenvalue weighted by molar-refractivity contribution is 0.768. The van der Waals surface area contributed by atoms with E-state index in [0.29, 0.717) is 0 Å². The average Bonchev–Trinajstić information content (AvgIpc) is 2.40. The van der Waals surface area contributed by atoms with Crippen LogP contribution in [0.5, 0.6) is 0 Å². The lowest BCUT2D eigenvalue weighted by Crippen LogP contribution is -2.17. The van der Waals surface area contributed by atoms with Crippen LogP contribution in [0, 0.1) is 6.92 Å². The molecule has 0 unspecified atom stereocenters. The number of aryl methyl sites for hydroxylation is 1. The van der Waals surface area contributed by atoms with Crippen molar-refractivity contribution >= 4 is 0 Å². The summed E-state index contributed by atoms with van der Waals surface area (Å²) < 4.78 is 0. The standard InChI is InChI=1S/C18H21N/c1-15-7-6-10-18(13-15)11-12-19-16(2)14-17-8-4-3-5-9-17/h3-10,13,19H,2,11-12,14H2,1H3. The summed E-state index contributed by atoms with van der Waals surface area (Å²) in [5, 5.41) is 3.40. The van der Waals surface area contributed by atoms with E-state index in [9.17, 15) is 0 Å². The fraction of sp³-hybridized carbons (Fsp3) is 0.222. The predicted molar refractivity (Wildman–Crippen MR) is 82.2 cm³/mol. The summed E-state index contributed by atoms with van der Waals surface area (Å²) in [4.78, 5) is 0. The first kappa shape index (κ1) is 13.4. The quantitative estimate of drug-likeness (QED) is 0.821. The molecule has 0 aromatic heterocycles. The Balaban J connectivity index is 1.75. The van der Waals surface area contributed by atoms with E-state index in [1.54, 1.807) is 0 Å². The zero-order valence-corrected chi connectivity index (χ0v) is 11.5. The van der Waals surface area contributed by atoms with Crippen LogP contribution in [0.4, 0.5) is 0 Å². The zero-order valence-electron chi connectivity index (χ0n) is 11.5. The van der Waals surface area contributed by atoms with Crippen LogP contribution in [0.15, 0.2) is 66.9 Å². The van der Waals surface area contributed by atoms with Crippen LogP contribution < -0.4 is 5.32 Å². The molecule has 1 N–H and O–H groups in total. The Morgan fingerprint density at radius 2 is 1.74 bits per heavy atom. The lowest BCUT2D eigenvalue weighted by atomic mass is 10.1. The first-order valence-corrected chi connectivity index (χ1v) is 6.75. The topological polar surface area (TPSA) is 12.0 Å². The number of hydrogen-bond donors (Lipinski definition) is 1. The zero-order chi connectivity index (χ0) is 13.5. The average molecular weight is 251 g/mol. The van der Waals surface area contributed by atoms with Crippen LogP contribution in [0.25, 0.3) is 0 Å². The fourth-order valence-electron chi connectivity index (χ4n) is 2.16. The van der Waals surface area contributed by atoms with Gasteiger partial charge in [-0.3, -0.25) is 0 Å². The third-order valence-corrected chi connectivity index (χ3v) is 3.13. The van der Waals surface area contributed by atoms with Gasteiger partial charge in [-0.1, -0.05) is 66.7 Å². The van der Waals surface area contributed by atoms with Crippen LogP contribution in [0.3, 0.4) is 0 Å². The third kappa shape index (κ3) is 4.63. The summed E-state index contributed by atoms with van der Waals surface area (Å²) >= 11 is 0. The van der Waals surface area contributed by atoms with Gasteiger partial charge in [-0.2, -0.15) is 0 Å². The highest BCUT2D eigenvalue weighted by atomic mass is 14.9. The molecule has 2 aromatic rings. The molecule has 0 atom stereocenters. The van der Waals surface area contributed by atoms with Gasteiger partial charge in [-0.15, -0.1) is 0 Å². The van der Waals surface area contributed by atoms with Crippen molar-refractivity contribution in [2.75, 3.05) is 6.54 Å². The predicted octanol–water partition coefficient (Wildman–Crippen LogP) is 3.88. The number of benzene rings is 2. The number of rotatable bonds is 6. The van der Waals surface area contributed by atoms with E-state index < -0.39 is 0 Å². The number of nitrogens with one attached hydrogen (secondary N) is 1. The highest BCUT2D eigenvalue weighted by Crippen LogP contribution is 2.06. The largest absolute Gasteiger partial charge is 0.388 e. The first-order valence-electron chi connectivity index (χ1n) is 6.75. The molecule has 0 aliphatic carbocycles. The summed E-state index contributed by atoms with van der Waals surface area (Å²) in [7, 11) is 0. The molecule has 0 amide bonds. The van der Waals surface area contributed by atoms with Crippen molar-refractivity contribution in [2.24, 2.45) is 0 Å². The van der Waals surface area contributed by atoms with Crippen molar-refractivity contribution in [2.45, 2.75) is 19.8 Å². The van der Waals surface area contributed by atoms with E-state index in [4.69, 9.17) is 0 Å². The first-order chi connectivity index (χ1) is 9.24. The Morgan fingerprint density at radius 1 is 1.00 bits per heavy atom. The minimum absolute atomic E-state index is 0.897. The molecule has 0 aliphatic heterocycles. The summed E-state index contributed by atoms with van der Waals surface area (Å²) in [5.74, 6) is 0. The second kappa shape index (κ2) is 6.79. The smallest absolute Gasteiger partial charge is 0.0184 e. The van der Waals surface area contributed by atoms with Gasteiger partial charge in [0.25, 0.3) is 0 Å². The Bertz CT molecular complexity index is 528. The minimum atomic E-state index is 0.897. The van der Waals surface area contributed by atoms with Crippen molar-refractivity contribution < 1.29 is 0 Å². The van der Waals surface area contributed by atoms with Crippen LogP contribution in [0.2, 0.25) is 0 Å². The normalized spacial score (nSPS) is 10.2. The maximum Gasteiger partial charge on any atom is 0.0184 e. The van der Waals surface area contributed by atoms with Gasteiger partial charge in [0.15, 0.2) is 0 Å². The summed E-state index contributed by atoms with van der Waals surface area (Å²) in [6, 6.07) is 19.1. The second-order valence-electron chi connectivity index (χ2n) is 4.93. The number of allylic oxidation sites excluding steroid dienone is 1. The molecule has 0 heterocycles. The van der Waals surface area contributed by atoms with E-state index >= 15 is 0 Å². The lowest BCUT2D eigenvalue weighted by Gasteiger charge is -2.10. The maximum atomic E-state index is 4.09. The Hall–Kier alpha value is -2.02. The molecule has 0 saturated carbocycles. The summed E-state index contributed by atoms with van der Waals surface area (Å²) in [5.41, 5.74) is 5.08. The van der Waals surface area contributed by atoms with E-state index in [0.717, 1.165) is 25.1 Å². The molecule has 0 radical (unpaired) electrons. The molecule has 0 aliphatic rings. The minimum Gasteiger partial charge on any atom is -0.388 e. The van der Waals surface area contributed by atoms with Gasteiger partial charge in [0, 0.05) is 18.7 Å². The molecule has 0 saturated heterocycles. The molecule has 0 fully saturated rings. The number of hydrogen-bond acceptors (Lipinski definition) is 1. The maximum absolute atomic E-state index is 4.09. The molecule has 1 nitrogen and oxygen atoms in total. The van der Waals surface area contributed by atoms with Gasteiger partial charge in [-0.05, 0) is 24.5 Å². The van der Waals surface area contributed by atoms with Gasteiger partial charge in [-0.25, -0.2) is 0 Å². The van der Waals surface area contributed by atoms with Crippen molar-refractivity contribution in [3.8, 4) is 0 Å². The van der Waals surface area contributed by atoms with E-state index in [2.05, 4.69) is 67.4 Å². The van der Waals surface area contributed by atoms with Gasteiger partial charge < -0.3 is 5.32 Å². The molecule has 19 heavy (non-hydrogen) atoms. The molecule has 2 aromatic carbocycles. The van der Waals surface area contributed by atoms with Gasteiger partial charge in [0.1, 0.15) is 0 Å². The monoisotopic (exact) mass is 251 g/mol. The molecule has 98 valence electrons. The Morgan fingerprint density at radius 3 is 2.47 bits per heavy atom. The molecular weight excluding hydrogens is 230 g/mol. The molecule has 2 rings (SSSR count).